The highest BCUT2D eigenvalue weighted by Crippen LogP contribution is 2.23. The van der Waals surface area contributed by atoms with Crippen LogP contribution in [-0.4, -0.2) is 42.7 Å². The van der Waals surface area contributed by atoms with E-state index in [0.29, 0.717) is 0 Å². The van der Waals surface area contributed by atoms with Gasteiger partial charge in [0.25, 0.3) is 5.69 Å². The smallest absolute Gasteiger partial charge is 0.269 e. The van der Waals surface area contributed by atoms with Crippen LogP contribution in [0, 0.1) is 10.1 Å². The van der Waals surface area contributed by atoms with Gasteiger partial charge in [0.15, 0.2) is 0 Å². The number of hydrogen-bond donors (Lipinski definition) is 0. The van der Waals surface area contributed by atoms with Gasteiger partial charge in [-0.05, 0) is 48.2 Å². The Labute approximate surface area is 142 Å². The van der Waals surface area contributed by atoms with Crippen molar-refractivity contribution in [3.8, 4) is 11.1 Å². The average molecular weight is 326 g/mol. The molecule has 1 fully saturated rings. The Balaban J connectivity index is 1.53. The zero-order chi connectivity index (χ0) is 16.8. The van der Waals surface area contributed by atoms with Gasteiger partial charge in [0, 0.05) is 25.2 Å². The molecule has 0 spiro atoms. The molecule has 0 aliphatic carbocycles. The number of ether oxygens (including phenoxy) is 1. The van der Waals surface area contributed by atoms with E-state index in [4.69, 9.17) is 4.74 Å². The maximum absolute atomic E-state index is 10.7. The van der Waals surface area contributed by atoms with Crippen LogP contribution in [0.2, 0.25) is 0 Å². The molecule has 0 saturated carbocycles. The molecular weight excluding hydrogens is 304 g/mol. The summed E-state index contributed by atoms with van der Waals surface area (Å²) >= 11 is 0. The third-order valence-corrected chi connectivity index (χ3v) is 4.41. The van der Waals surface area contributed by atoms with E-state index >= 15 is 0 Å². The summed E-state index contributed by atoms with van der Waals surface area (Å²) < 4.78 is 5.36. The number of non-ortho nitro benzene ring substituents is 1. The van der Waals surface area contributed by atoms with Crippen LogP contribution in [0.15, 0.2) is 48.5 Å². The molecule has 2 aromatic carbocycles. The second-order valence-corrected chi connectivity index (χ2v) is 6.06. The molecule has 3 rings (SSSR count). The molecule has 1 aliphatic heterocycles. The van der Waals surface area contributed by atoms with Crippen molar-refractivity contribution in [2.75, 3.05) is 32.8 Å². The van der Waals surface area contributed by atoms with Crippen molar-refractivity contribution in [3.63, 3.8) is 0 Å². The van der Waals surface area contributed by atoms with Crippen LogP contribution < -0.4 is 0 Å². The van der Waals surface area contributed by atoms with Gasteiger partial charge in [-0.15, -0.1) is 0 Å². The summed E-state index contributed by atoms with van der Waals surface area (Å²) in [5.41, 5.74) is 3.54. The van der Waals surface area contributed by atoms with Crippen LogP contribution in [-0.2, 0) is 11.2 Å². The van der Waals surface area contributed by atoms with E-state index in [2.05, 4.69) is 29.2 Å². The highest BCUT2D eigenvalue weighted by molar-refractivity contribution is 5.65. The Morgan fingerprint density at radius 3 is 2.12 bits per heavy atom. The first-order valence-electron chi connectivity index (χ1n) is 8.36. The lowest BCUT2D eigenvalue weighted by Crippen LogP contribution is -2.36. The lowest BCUT2D eigenvalue weighted by molar-refractivity contribution is -0.384. The van der Waals surface area contributed by atoms with Crippen molar-refractivity contribution in [1.82, 2.24) is 4.90 Å². The average Bonchev–Trinajstić information content (AvgIpc) is 2.63. The molecule has 24 heavy (non-hydrogen) atoms. The van der Waals surface area contributed by atoms with Gasteiger partial charge in [-0.2, -0.15) is 0 Å². The Morgan fingerprint density at radius 2 is 1.54 bits per heavy atom. The first-order valence-corrected chi connectivity index (χ1v) is 8.36. The van der Waals surface area contributed by atoms with Gasteiger partial charge in [-0.25, -0.2) is 0 Å². The standard InChI is InChI=1S/C19H22N2O3/c22-21(23)19-9-7-18(8-10-19)17-5-3-16(4-6-17)2-1-11-20-12-14-24-15-13-20/h3-10H,1-2,11-15H2. The largest absolute Gasteiger partial charge is 0.379 e. The number of aryl methyl sites for hydroxylation is 1. The maximum Gasteiger partial charge on any atom is 0.269 e. The monoisotopic (exact) mass is 326 g/mol. The van der Waals surface area contributed by atoms with Gasteiger partial charge in [0.05, 0.1) is 18.1 Å². The minimum Gasteiger partial charge on any atom is -0.379 e. The lowest BCUT2D eigenvalue weighted by Gasteiger charge is -2.26. The van der Waals surface area contributed by atoms with Crippen molar-refractivity contribution < 1.29 is 9.66 Å². The molecule has 0 aromatic heterocycles. The zero-order valence-electron chi connectivity index (χ0n) is 13.7. The fraction of sp³-hybridized carbons (Fsp3) is 0.368. The Bertz CT molecular complexity index is 662. The minimum absolute atomic E-state index is 0.124. The Hall–Kier alpha value is -2.24. The molecule has 0 amide bonds. The number of nitro benzene ring substituents is 1. The number of hydrogen-bond acceptors (Lipinski definition) is 4. The van der Waals surface area contributed by atoms with Gasteiger partial charge >= 0.3 is 0 Å². The fourth-order valence-corrected chi connectivity index (χ4v) is 2.97. The number of nitro groups is 1. The van der Waals surface area contributed by atoms with Crippen molar-refractivity contribution >= 4 is 5.69 Å². The van der Waals surface area contributed by atoms with Gasteiger partial charge in [0.2, 0.25) is 0 Å². The number of nitrogens with zero attached hydrogens (tertiary/aromatic N) is 2. The molecule has 1 saturated heterocycles. The highest BCUT2D eigenvalue weighted by atomic mass is 16.6. The summed E-state index contributed by atoms with van der Waals surface area (Å²) in [5, 5.41) is 10.7. The van der Waals surface area contributed by atoms with Gasteiger partial charge in [-0.1, -0.05) is 24.3 Å². The third kappa shape index (κ3) is 4.40. The summed E-state index contributed by atoms with van der Waals surface area (Å²) in [6.45, 7) is 4.90. The van der Waals surface area contributed by atoms with Crippen LogP contribution in [0.25, 0.3) is 11.1 Å². The van der Waals surface area contributed by atoms with Crippen molar-refractivity contribution in [2.45, 2.75) is 12.8 Å². The number of morpholine rings is 1. The van der Waals surface area contributed by atoms with Crippen LogP contribution in [0.5, 0.6) is 0 Å². The number of rotatable bonds is 6. The quantitative estimate of drug-likeness (QED) is 0.602. The molecule has 0 N–H and O–H groups in total. The minimum atomic E-state index is -0.374. The normalized spacial score (nSPS) is 15.3. The molecule has 1 aliphatic rings. The molecule has 2 aromatic rings. The second kappa shape index (κ2) is 8.04. The van der Waals surface area contributed by atoms with Crippen molar-refractivity contribution in [1.29, 1.82) is 0 Å². The Kier molecular flexibility index (Phi) is 5.56. The van der Waals surface area contributed by atoms with Crippen LogP contribution in [0.4, 0.5) is 5.69 Å². The molecular formula is C19H22N2O3. The van der Waals surface area contributed by atoms with E-state index in [-0.39, 0.29) is 10.6 Å². The van der Waals surface area contributed by atoms with Gasteiger partial charge in [0.1, 0.15) is 0 Å². The molecule has 0 bridgehead atoms. The topological polar surface area (TPSA) is 55.6 Å². The molecule has 5 nitrogen and oxygen atoms in total. The van der Waals surface area contributed by atoms with E-state index in [1.165, 1.54) is 5.56 Å². The summed E-state index contributed by atoms with van der Waals surface area (Å²) in [6.07, 6.45) is 2.22. The SMILES string of the molecule is O=[N+]([O-])c1ccc(-c2ccc(CCCN3CCOCC3)cc2)cc1. The molecule has 5 heteroatoms. The molecule has 0 atom stereocenters. The Morgan fingerprint density at radius 1 is 0.958 bits per heavy atom. The third-order valence-electron chi connectivity index (χ3n) is 4.41. The van der Waals surface area contributed by atoms with Crippen molar-refractivity contribution in [3.05, 3.63) is 64.2 Å². The number of benzene rings is 2. The van der Waals surface area contributed by atoms with Gasteiger partial charge < -0.3 is 4.74 Å². The van der Waals surface area contributed by atoms with Crippen LogP contribution >= 0.6 is 0 Å². The van der Waals surface area contributed by atoms with E-state index in [1.807, 2.05) is 0 Å². The van der Waals surface area contributed by atoms with Crippen LogP contribution in [0.3, 0.4) is 0 Å². The van der Waals surface area contributed by atoms with E-state index in [1.54, 1.807) is 24.3 Å². The van der Waals surface area contributed by atoms with E-state index in [9.17, 15) is 10.1 Å². The molecule has 126 valence electrons. The lowest BCUT2D eigenvalue weighted by atomic mass is 10.0. The molecule has 1 heterocycles. The summed E-state index contributed by atoms with van der Waals surface area (Å²) in [4.78, 5) is 12.8. The van der Waals surface area contributed by atoms with E-state index < -0.39 is 0 Å². The highest BCUT2D eigenvalue weighted by Gasteiger charge is 2.09. The fourth-order valence-electron chi connectivity index (χ4n) is 2.97. The summed E-state index contributed by atoms with van der Waals surface area (Å²) in [5.74, 6) is 0. The van der Waals surface area contributed by atoms with Gasteiger partial charge in [-0.3, -0.25) is 15.0 Å². The maximum atomic E-state index is 10.7. The zero-order valence-corrected chi connectivity index (χ0v) is 13.7. The molecule has 0 radical (unpaired) electrons. The van der Waals surface area contributed by atoms with Crippen molar-refractivity contribution in [2.24, 2.45) is 0 Å². The predicted octanol–water partition coefficient (Wildman–Crippen LogP) is 3.53. The predicted molar refractivity (Wildman–Crippen MR) is 94.1 cm³/mol. The molecule has 0 unspecified atom stereocenters. The second-order valence-electron chi connectivity index (χ2n) is 6.06. The summed E-state index contributed by atoms with van der Waals surface area (Å²) in [6, 6.07) is 15.2. The summed E-state index contributed by atoms with van der Waals surface area (Å²) in [7, 11) is 0. The first kappa shape index (κ1) is 16.6. The first-order chi connectivity index (χ1) is 11.7. The van der Waals surface area contributed by atoms with E-state index in [0.717, 1.165) is 56.8 Å². The van der Waals surface area contributed by atoms with Crippen LogP contribution in [0.1, 0.15) is 12.0 Å².